The minimum absolute atomic E-state index is 0.0458. The molecule has 2 rings (SSSR count). The molecule has 1 aliphatic rings. The molecule has 0 bridgehead atoms. The van der Waals surface area contributed by atoms with Crippen molar-refractivity contribution in [1.29, 1.82) is 0 Å². The largest absolute Gasteiger partial charge is 0.416 e. The molecule has 1 fully saturated rings. The summed E-state index contributed by atoms with van der Waals surface area (Å²) < 4.78 is 52.7. The maximum Gasteiger partial charge on any atom is 0.416 e. The number of benzene rings is 1. The van der Waals surface area contributed by atoms with Gasteiger partial charge in [0.2, 0.25) is 0 Å². The quantitative estimate of drug-likeness (QED) is 0.688. The average Bonchev–Trinajstić information content (AvgIpc) is 2.46. The van der Waals surface area contributed by atoms with Crippen LogP contribution >= 0.6 is 0 Å². The second-order valence-electron chi connectivity index (χ2n) is 5.71. The summed E-state index contributed by atoms with van der Waals surface area (Å²) in [5, 5.41) is 0. The number of aryl methyl sites for hydroxylation is 1. The Bertz CT molecular complexity index is 474. The number of likely N-dealkylation sites (tertiary alicyclic amines) is 1. The van der Waals surface area contributed by atoms with Gasteiger partial charge in [0.15, 0.2) is 0 Å². The van der Waals surface area contributed by atoms with Gasteiger partial charge in [-0.1, -0.05) is 13.8 Å². The number of hydrogen-bond acceptors (Lipinski definition) is 1. The fraction of sp³-hybridized carbons (Fsp3) is 0.647. The standard InChI is InChI=1S/C15H19F4N.C2H6/c1-10-7-13(15(17,18)19)12(9-14(10)16)8-11-3-5-20(2)6-4-11;1-2/h7,9,11H,3-6,8H2,1-2H3;1-2H3. The molecule has 22 heavy (non-hydrogen) atoms. The Morgan fingerprint density at radius 2 is 1.68 bits per heavy atom. The van der Waals surface area contributed by atoms with E-state index < -0.39 is 17.6 Å². The van der Waals surface area contributed by atoms with E-state index in [2.05, 4.69) is 4.90 Å². The molecule has 0 radical (unpaired) electrons. The van der Waals surface area contributed by atoms with Crippen LogP contribution in [-0.2, 0) is 12.6 Å². The summed E-state index contributed by atoms with van der Waals surface area (Å²) in [6, 6.07) is 2.00. The molecule has 1 aliphatic heterocycles. The molecule has 0 aliphatic carbocycles. The van der Waals surface area contributed by atoms with Gasteiger partial charge in [0, 0.05) is 0 Å². The van der Waals surface area contributed by atoms with Gasteiger partial charge in [0.1, 0.15) is 5.82 Å². The van der Waals surface area contributed by atoms with Gasteiger partial charge in [-0.15, -0.1) is 0 Å². The summed E-state index contributed by atoms with van der Waals surface area (Å²) in [6.45, 7) is 7.14. The second kappa shape index (κ2) is 7.95. The SMILES string of the molecule is CC.Cc1cc(C(F)(F)F)c(CC2CCN(C)CC2)cc1F. The molecule has 1 nitrogen and oxygen atoms in total. The van der Waals surface area contributed by atoms with E-state index >= 15 is 0 Å². The third kappa shape index (κ3) is 4.97. The van der Waals surface area contributed by atoms with Crippen LogP contribution in [0.1, 0.15) is 43.4 Å². The number of rotatable bonds is 2. The maximum absolute atomic E-state index is 13.6. The highest BCUT2D eigenvalue weighted by molar-refractivity contribution is 5.35. The van der Waals surface area contributed by atoms with Gasteiger partial charge < -0.3 is 4.90 Å². The highest BCUT2D eigenvalue weighted by atomic mass is 19.4. The third-order valence-corrected chi connectivity index (χ3v) is 4.04. The molecule has 126 valence electrons. The topological polar surface area (TPSA) is 3.24 Å². The first kappa shape index (κ1) is 18.9. The fourth-order valence-corrected chi connectivity index (χ4v) is 2.73. The van der Waals surface area contributed by atoms with Gasteiger partial charge in [-0.3, -0.25) is 0 Å². The van der Waals surface area contributed by atoms with E-state index in [1.807, 2.05) is 20.9 Å². The van der Waals surface area contributed by atoms with E-state index in [1.54, 1.807) is 0 Å². The van der Waals surface area contributed by atoms with Gasteiger partial charge in [-0.25, -0.2) is 4.39 Å². The Hall–Kier alpha value is -1.10. The molecule has 1 heterocycles. The molecule has 1 aromatic carbocycles. The van der Waals surface area contributed by atoms with Gasteiger partial charge >= 0.3 is 6.18 Å². The van der Waals surface area contributed by atoms with Gasteiger partial charge in [-0.2, -0.15) is 13.2 Å². The van der Waals surface area contributed by atoms with Crippen molar-refractivity contribution in [3.05, 3.63) is 34.6 Å². The number of piperidine rings is 1. The summed E-state index contributed by atoms with van der Waals surface area (Å²) in [4.78, 5) is 2.16. The lowest BCUT2D eigenvalue weighted by molar-refractivity contribution is -0.138. The molecule has 0 amide bonds. The minimum atomic E-state index is -4.42. The zero-order valence-corrected chi connectivity index (χ0v) is 13.7. The van der Waals surface area contributed by atoms with Crippen LogP contribution in [0.3, 0.4) is 0 Å². The molecule has 1 saturated heterocycles. The van der Waals surface area contributed by atoms with E-state index in [0.717, 1.165) is 38.1 Å². The summed E-state index contributed by atoms with van der Waals surface area (Å²) in [5.74, 6) is -0.352. The molecule has 0 saturated carbocycles. The summed E-state index contributed by atoms with van der Waals surface area (Å²) in [5.41, 5.74) is -0.546. The first-order chi connectivity index (χ1) is 10.3. The Labute approximate surface area is 130 Å². The Morgan fingerprint density at radius 1 is 1.14 bits per heavy atom. The lowest BCUT2D eigenvalue weighted by Crippen LogP contribution is -2.31. The van der Waals surface area contributed by atoms with Crippen LogP contribution in [-0.4, -0.2) is 25.0 Å². The molecule has 0 spiro atoms. The summed E-state index contributed by atoms with van der Waals surface area (Å²) in [7, 11) is 2.00. The Morgan fingerprint density at radius 3 is 2.18 bits per heavy atom. The summed E-state index contributed by atoms with van der Waals surface area (Å²) >= 11 is 0. The van der Waals surface area contributed by atoms with Crippen LogP contribution in [0.15, 0.2) is 12.1 Å². The van der Waals surface area contributed by atoms with Crippen molar-refractivity contribution in [2.45, 2.75) is 46.2 Å². The van der Waals surface area contributed by atoms with Gasteiger partial charge in [-0.05, 0) is 75.5 Å². The van der Waals surface area contributed by atoms with Crippen LogP contribution in [0.25, 0.3) is 0 Å². The molecule has 5 heteroatoms. The van der Waals surface area contributed by atoms with Crippen molar-refractivity contribution in [2.24, 2.45) is 5.92 Å². The highest BCUT2D eigenvalue weighted by Gasteiger charge is 2.34. The van der Waals surface area contributed by atoms with Crippen molar-refractivity contribution < 1.29 is 17.6 Å². The molecule has 0 atom stereocenters. The van der Waals surface area contributed by atoms with Crippen molar-refractivity contribution in [3.8, 4) is 0 Å². The number of hydrogen-bond donors (Lipinski definition) is 0. The van der Waals surface area contributed by atoms with Crippen molar-refractivity contribution in [1.82, 2.24) is 4.90 Å². The fourth-order valence-electron chi connectivity index (χ4n) is 2.73. The van der Waals surface area contributed by atoms with Crippen molar-refractivity contribution in [3.63, 3.8) is 0 Å². The number of halogens is 4. The monoisotopic (exact) mass is 319 g/mol. The van der Waals surface area contributed by atoms with E-state index in [-0.39, 0.29) is 17.0 Å². The van der Waals surface area contributed by atoms with Crippen LogP contribution in [0, 0.1) is 18.7 Å². The minimum Gasteiger partial charge on any atom is -0.306 e. The molecule has 0 aromatic heterocycles. The molecular formula is C17H25F4N. The van der Waals surface area contributed by atoms with Crippen LogP contribution in [0.5, 0.6) is 0 Å². The summed E-state index contributed by atoms with van der Waals surface area (Å²) in [6.07, 6.45) is -2.38. The van der Waals surface area contributed by atoms with Gasteiger partial charge in [0.25, 0.3) is 0 Å². The lowest BCUT2D eigenvalue weighted by Gasteiger charge is -2.29. The van der Waals surface area contributed by atoms with E-state index in [1.165, 1.54) is 6.92 Å². The Balaban J connectivity index is 0.00000116. The molecule has 1 aromatic rings. The zero-order chi connectivity index (χ0) is 16.9. The number of nitrogens with zero attached hydrogens (tertiary/aromatic N) is 1. The first-order valence-electron chi connectivity index (χ1n) is 7.82. The highest BCUT2D eigenvalue weighted by Crippen LogP contribution is 2.35. The number of alkyl halides is 3. The van der Waals surface area contributed by atoms with Crippen molar-refractivity contribution >= 4 is 0 Å². The van der Waals surface area contributed by atoms with Gasteiger partial charge in [0.05, 0.1) is 5.56 Å². The maximum atomic E-state index is 13.6. The lowest BCUT2D eigenvalue weighted by atomic mass is 9.88. The third-order valence-electron chi connectivity index (χ3n) is 4.04. The van der Waals surface area contributed by atoms with E-state index in [4.69, 9.17) is 0 Å². The van der Waals surface area contributed by atoms with E-state index in [9.17, 15) is 17.6 Å². The predicted molar refractivity (Wildman–Crippen MR) is 81.4 cm³/mol. The molecule has 0 unspecified atom stereocenters. The first-order valence-corrected chi connectivity index (χ1v) is 7.82. The van der Waals surface area contributed by atoms with Crippen LogP contribution in [0.4, 0.5) is 17.6 Å². The average molecular weight is 319 g/mol. The normalized spacial score (nSPS) is 17.1. The molecule has 0 N–H and O–H groups in total. The predicted octanol–water partition coefficient (Wildman–Crippen LogP) is 5.06. The Kier molecular flexibility index (Phi) is 6.85. The smallest absolute Gasteiger partial charge is 0.306 e. The van der Waals surface area contributed by atoms with E-state index in [0.29, 0.717) is 6.42 Å². The zero-order valence-electron chi connectivity index (χ0n) is 13.7. The second-order valence-corrected chi connectivity index (χ2v) is 5.71. The van der Waals surface area contributed by atoms with Crippen LogP contribution in [0.2, 0.25) is 0 Å². The molecular weight excluding hydrogens is 294 g/mol. The van der Waals surface area contributed by atoms with Crippen LogP contribution < -0.4 is 0 Å². The van der Waals surface area contributed by atoms with Crippen molar-refractivity contribution in [2.75, 3.05) is 20.1 Å².